The first kappa shape index (κ1) is 26.0. The Kier molecular flexibility index (Phi) is 10.9. The van der Waals surface area contributed by atoms with Gasteiger partial charge in [0.15, 0.2) is 5.96 Å². The lowest BCUT2D eigenvalue weighted by Crippen LogP contribution is -2.50. The number of nitrogens with zero attached hydrogens (tertiary/aromatic N) is 4. The highest BCUT2D eigenvalue weighted by Gasteiger charge is 2.32. The lowest BCUT2D eigenvalue weighted by molar-refractivity contribution is -0.141. The molecule has 0 spiro atoms. The van der Waals surface area contributed by atoms with Gasteiger partial charge in [-0.1, -0.05) is 0 Å². The fourth-order valence-corrected chi connectivity index (χ4v) is 2.77. The molecule has 1 aromatic heterocycles. The van der Waals surface area contributed by atoms with E-state index in [9.17, 15) is 18.0 Å². The Labute approximate surface area is 190 Å². The molecule has 0 unspecified atom stereocenters. The number of nitrogens with one attached hydrogen (secondary N) is 3. The van der Waals surface area contributed by atoms with Gasteiger partial charge in [-0.15, -0.1) is 24.0 Å². The Hall–Kier alpha value is -2.06. The van der Waals surface area contributed by atoms with E-state index in [4.69, 9.17) is 4.74 Å². The molecule has 9 nitrogen and oxygen atoms in total. The summed E-state index contributed by atoms with van der Waals surface area (Å²) in [4.78, 5) is 24.8. The third-order valence-electron chi connectivity index (χ3n) is 4.23. The normalized spacial score (nSPS) is 15.2. The number of alkyl halides is 3. The van der Waals surface area contributed by atoms with Gasteiger partial charge < -0.3 is 25.6 Å². The summed E-state index contributed by atoms with van der Waals surface area (Å²) < 4.78 is 43.0. The van der Waals surface area contributed by atoms with Gasteiger partial charge >= 0.3 is 12.3 Å². The van der Waals surface area contributed by atoms with Crippen LogP contribution in [0.4, 0.5) is 23.9 Å². The van der Waals surface area contributed by atoms with Crippen molar-refractivity contribution in [1.82, 2.24) is 25.5 Å². The Morgan fingerprint density at radius 3 is 2.63 bits per heavy atom. The van der Waals surface area contributed by atoms with Crippen LogP contribution < -0.4 is 16.0 Å². The van der Waals surface area contributed by atoms with Crippen LogP contribution in [0.1, 0.15) is 25.5 Å². The van der Waals surface area contributed by atoms with E-state index in [1.807, 2.05) is 0 Å². The molecular weight excluding hydrogens is 518 g/mol. The van der Waals surface area contributed by atoms with Gasteiger partial charge in [-0.2, -0.15) is 13.2 Å². The number of aromatic nitrogens is 2. The molecule has 1 amide bonds. The monoisotopic (exact) mass is 545 g/mol. The minimum atomic E-state index is -4.51. The van der Waals surface area contributed by atoms with E-state index in [-0.39, 0.29) is 42.1 Å². The second-order valence-corrected chi connectivity index (χ2v) is 6.29. The van der Waals surface area contributed by atoms with E-state index in [0.717, 1.165) is 25.1 Å². The number of aliphatic imine (C=N–C) groups is 1. The molecular formula is C17H27F3IN7O2. The Morgan fingerprint density at radius 1 is 1.33 bits per heavy atom. The summed E-state index contributed by atoms with van der Waals surface area (Å²) in [6.45, 7) is 4.04. The van der Waals surface area contributed by atoms with Gasteiger partial charge in [-0.05, 0) is 25.8 Å². The van der Waals surface area contributed by atoms with Crippen LogP contribution in [0.5, 0.6) is 0 Å². The second kappa shape index (κ2) is 12.6. The first-order chi connectivity index (χ1) is 13.8. The van der Waals surface area contributed by atoms with Crippen molar-refractivity contribution in [3.05, 3.63) is 18.0 Å². The fraction of sp³-hybridized carbons (Fsp3) is 0.647. The van der Waals surface area contributed by atoms with Crippen LogP contribution in [0.2, 0.25) is 0 Å². The lowest BCUT2D eigenvalue weighted by Gasteiger charge is -2.32. The van der Waals surface area contributed by atoms with Crippen molar-refractivity contribution in [2.24, 2.45) is 4.99 Å². The smallest absolute Gasteiger partial charge is 0.433 e. The van der Waals surface area contributed by atoms with E-state index in [0.29, 0.717) is 38.7 Å². The average molecular weight is 545 g/mol. The summed E-state index contributed by atoms with van der Waals surface area (Å²) >= 11 is 0. The van der Waals surface area contributed by atoms with Crippen LogP contribution in [0, 0.1) is 0 Å². The summed E-state index contributed by atoms with van der Waals surface area (Å²) in [6, 6.07) is 0.981. The number of hydrogen-bond acceptors (Lipinski definition) is 6. The highest BCUT2D eigenvalue weighted by molar-refractivity contribution is 14.0. The standard InChI is InChI=1S/C17H26F3N7O2.HI/c1-3-29-16(28)27-10-5-12(6-11-27)25-14(21-2)23-8-9-24-15-22-7-4-13(26-15)17(18,19)20;/h4,7,12H,3,5-6,8-11H2,1-2H3,(H2,21,23,25)(H,22,24,26);1H. The Morgan fingerprint density at radius 2 is 2.03 bits per heavy atom. The third kappa shape index (κ3) is 8.36. The number of rotatable bonds is 6. The molecule has 1 saturated heterocycles. The van der Waals surface area contributed by atoms with E-state index in [1.165, 1.54) is 0 Å². The molecule has 1 aliphatic rings. The number of halogens is 4. The van der Waals surface area contributed by atoms with Gasteiger partial charge in [0.05, 0.1) is 6.61 Å². The van der Waals surface area contributed by atoms with Crippen LogP contribution in [-0.4, -0.2) is 72.8 Å². The molecule has 1 fully saturated rings. The minimum absolute atomic E-state index is 0. The zero-order chi connectivity index (χ0) is 21.3. The maximum atomic E-state index is 12.7. The van der Waals surface area contributed by atoms with Crippen LogP contribution in [0.25, 0.3) is 0 Å². The highest BCUT2D eigenvalue weighted by Crippen LogP contribution is 2.27. The van der Waals surface area contributed by atoms with Crippen LogP contribution in [0.15, 0.2) is 17.3 Å². The number of carbonyl (C=O) groups excluding carboxylic acids is 1. The van der Waals surface area contributed by atoms with Crippen molar-refractivity contribution < 1.29 is 22.7 Å². The van der Waals surface area contributed by atoms with Gasteiger partial charge in [-0.25, -0.2) is 14.8 Å². The number of anilines is 1. The minimum Gasteiger partial charge on any atom is -0.450 e. The van der Waals surface area contributed by atoms with Gasteiger partial charge in [0, 0.05) is 45.5 Å². The van der Waals surface area contributed by atoms with Crippen molar-refractivity contribution in [3.8, 4) is 0 Å². The predicted molar refractivity (Wildman–Crippen MR) is 117 cm³/mol. The molecule has 0 bridgehead atoms. The molecule has 0 radical (unpaired) electrons. The quantitative estimate of drug-likeness (QED) is 0.218. The molecule has 30 heavy (non-hydrogen) atoms. The maximum absolute atomic E-state index is 12.7. The highest BCUT2D eigenvalue weighted by atomic mass is 127. The van der Waals surface area contributed by atoms with E-state index < -0.39 is 11.9 Å². The van der Waals surface area contributed by atoms with Crippen molar-refractivity contribution in [3.63, 3.8) is 0 Å². The molecule has 1 aliphatic heterocycles. The van der Waals surface area contributed by atoms with E-state index >= 15 is 0 Å². The van der Waals surface area contributed by atoms with Crippen molar-refractivity contribution in [2.75, 3.05) is 45.2 Å². The van der Waals surface area contributed by atoms with Crippen molar-refractivity contribution in [1.29, 1.82) is 0 Å². The largest absolute Gasteiger partial charge is 0.450 e. The van der Waals surface area contributed by atoms with Gasteiger partial charge in [0.1, 0.15) is 5.69 Å². The number of guanidine groups is 1. The molecule has 0 aromatic carbocycles. The maximum Gasteiger partial charge on any atom is 0.433 e. The summed E-state index contributed by atoms with van der Waals surface area (Å²) in [5.41, 5.74) is -0.991. The lowest BCUT2D eigenvalue weighted by atomic mass is 10.1. The second-order valence-electron chi connectivity index (χ2n) is 6.29. The van der Waals surface area contributed by atoms with Crippen molar-refractivity contribution >= 4 is 42.0 Å². The molecule has 170 valence electrons. The number of piperidine rings is 1. The molecule has 0 saturated carbocycles. The summed E-state index contributed by atoms with van der Waals surface area (Å²) in [5.74, 6) is 0.488. The van der Waals surface area contributed by atoms with Crippen LogP contribution in [0.3, 0.4) is 0 Å². The predicted octanol–water partition coefficient (Wildman–Crippen LogP) is 2.31. The van der Waals surface area contributed by atoms with E-state index in [2.05, 4.69) is 30.9 Å². The van der Waals surface area contributed by atoms with Crippen molar-refractivity contribution in [2.45, 2.75) is 32.0 Å². The summed E-state index contributed by atoms with van der Waals surface area (Å²) in [5, 5.41) is 9.10. The molecule has 13 heteroatoms. The first-order valence-corrected chi connectivity index (χ1v) is 9.36. The molecule has 1 aromatic rings. The topological polar surface area (TPSA) is 104 Å². The Balaban J connectivity index is 0.00000450. The zero-order valence-corrected chi connectivity index (χ0v) is 19.2. The molecule has 3 N–H and O–H groups in total. The first-order valence-electron chi connectivity index (χ1n) is 9.36. The number of likely N-dealkylation sites (tertiary alicyclic amines) is 1. The number of ether oxygens (including phenoxy) is 1. The van der Waals surface area contributed by atoms with E-state index in [1.54, 1.807) is 18.9 Å². The summed E-state index contributed by atoms with van der Waals surface area (Å²) in [6.07, 6.45) is -2.22. The molecule has 0 atom stereocenters. The van der Waals surface area contributed by atoms with Gasteiger partial charge in [0.25, 0.3) is 0 Å². The van der Waals surface area contributed by atoms with Gasteiger partial charge in [-0.3, -0.25) is 4.99 Å². The molecule has 2 rings (SSSR count). The zero-order valence-electron chi connectivity index (χ0n) is 16.8. The third-order valence-corrected chi connectivity index (χ3v) is 4.23. The fourth-order valence-electron chi connectivity index (χ4n) is 2.77. The Bertz CT molecular complexity index is 698. The average Bonchev–Trinajstić information content (AvgIpc) is 2.70. The number of carbonyl (C=O) groups is 1. The number of hydrogen-bond donors (Lipinski definition) is 3. The van der Waals surface area contributed by atoms with Crippen LogP contribution >= 0.6 is 24.0 Å². The number of amides is 1. The molecule has 0 aliphatic carbocycles. The molecule has 2 heterocycles. The SMILES string of the molecule is CCOC(=O)N1CCC(NC(=NC)NCCNc2nccc(C(F)(F)F)n2)CC1.I. The summed E-state index contributed by atoms with van der Waals surface area (Å²) in [7, 11) is 1.63. The van der Waals surface area contributed by atoms with Gasteiger partial charge in [0.2, 0.25) is 5.95 Å². The van der Waals surface area contributed by atoms with Crippen LogP contribution in [-0.2, 0) is 10.9 Å².